The molecule has 2 aliphatic heterocycles. The first-order valence-corrected chi connectivity index (χ1v) is 13.7. The van der Waals surface area contributed by atoms with Gasteiger partial charge in [-0.15, -0.1) is 0 Å². The molecule has 1 spiro atoms. The first-order chi connectivity index (χ1) is 17.4. The number of hydrogen-bond donors (Lipinski definition) is 1. The van der Waals surface area contributed by atoms with Gasteiger partial charge in [-0.05, 0) is 73.9 Å². The van der Waals surface area contributed by atoms with Crippen LogP contribution >= 0.6 is 0 Å². The third kappa shape index (κ3) is 4.98. The van der Waals surface area contributed by atoms with Crippen molar-refractivity contribution in [2.45, 2.75) is 55.8 Å². The minimum Gasteiger partial charge on any atom is -0.348 e. The van der Waals surface area contributed by atoms with Gasteiger partial charge in [0.1, 0.15) is 6.04 Å². The molecular weight excluding hydrogens is 507 g/mol. The first kappa shape index (κ1) is 25.7. The Labute approximate surface area is 213 Å². The van der Waals surface area contributed by atoms with Crippen LogP contribution in [0.3, 0.4) is 0 Å². The van der Waals surface area contributed by atoms with Crippen molar-refractivity contribution in [3.63, 3.8) is 0 Å². The van der Waals surface area contributed by atoms with Gasteiger partial charge in [0.2, 0.25) is 15.9 Å². The molecule has 2 heterocycles. The zero-order valence-corrected chi connectivity index (χ0v) is 21.1. The van der Waals surface area contributed by atoms with Crippen molar-refractivity contribution in [1.82, 2.24) is 14.5 Å². The normalized spacial score (nSPS) is 21.9. The molecule has 1 saturated carbocycles. The molecule has 0 bridgehead atoms. The summed E-state index contributed by atoms with van der Waals surface area (Å²) < 4.78 is 66.0. The fourth-order valence-corrected chi connectivity index (χ4v) is 6.82. The van der Waals surface area contributed by atoms with E-state index in [1.807, 2.05) is 0 Å². The van der Waals surface area contributed by atoms with Gasteiger partial charge in [-0.3, -0.25) is 9.59 Å². The van der Waals surface area contributed by atoms with E-state index >= 15 is 0 Å². The number of hydrogen-bond acceptors (Lipinski definition) is 4. The summed E-state index contributed by atoms with van der Waals surface area (Å²) in [6.07, 6.45) is -1.31. The number of alkyl halides is 3. The van der Waals surface area contributed by atoms with Crippen LogP contribution in [0.25, 0.3) is 0 Å². The minimum atomic E-state index is -4.44. The van der Waals surface area contributed by atoms with Gasteiger partial charge >= 0.3 is 6.18 Å². The molecule has 1 aliphatic carbocycles. The Balaban J connectivity index is 1.26. The Hall–Kier alpha value is -2.92. The Morgan fingerprint density at radius 1 is 1.08 bits per heavy atom. The third-order valence-electron chi connectivity index (χ3n) is 7.61. The second-order valence-electron chi connectivity index (χ2n) is 10.3. The molecule has 2 atom stereocenters. The number of nitrogens with zero attached hydrogens (tertiary/aromatic N) is 2. The quantitative estimate of drug-likeness (QED) is 0.607. The summed E-state index contributed by atoms with van der Waals surface area (Å²) in [7, 11) is -3.69. The van der Waals surface area contributed by atoms with Gasteiger partial charge in [0.05, 0.1) is 16.5 Å². The maximum atomic E-state index is 13.3. The average molecular weight is 536 g/mol. The Morgan fingerprint density at radius 3 is 2.38 bits per heavy atom. The molecular formula is C26H28F3N3O4S. The first-order valence-electron chi connectivity index (χ1n) is 12.3. The van der Waals surface area contributed by atoms with Crippen LogP contribution in [0.2, 0.25) is 0 Å². The van der Waals surface area contributed by atoms with Crippen molar-refractivity contribution >= 4 is 21.8 Å². The van der Waals surface area contributed by atoms with Crippen LogP contribution < -0.4 is 5.32 Å². The summed E-state index contributed by atoms with van der Waals surface area (Å²) >= 11 is 0. The molecule has 5 rings (SSSR count). The van der Waals surface area contributed by atoms with Gasteiger partial charge in [-0.25, -0.2) is 8.42 Å². The number of amides is 2. The highest BCUT2D eigenvalue weighted by molar-refractivity contribution is 7.89. The molecule has 2 aromatic rings. The molecule has 2 saturated heterocycles. The largest absolute Gasteiger partial charge is 0.416 e. The number of halogens is 3. The molecule has 1 unspecified atom stereocenters. The highest BCUT2D eigenvalue weighted by atomic mass is 32.2. The van der Waals surface area contributed by atoms with Gasteiger partial charge < -0.3 is 10.2 Å². The highest BCUT2D eigenvalue weighted by Crippen LogP contribution is 2.54. The lowest BCUT2D eigenvalue weighted by atomic mass is 10.0. The van der Waals surface area contributed by atoms with E-state index in [1.54, 1.807) is 6.92 Å². The van der Waals surface area contributed by atoms with E-state index in [9.17, 15) is 31.2 Å². The number of benzene rings is 2. The number of rotatable bonds is 6. The van der Waals surface area contributed by atoms with E-state index in [-0.39, 0.29) is 15.9 Å². The minimum absolute atomic E-state index is 0.0602. The van der Waals surface area contributed by atoms with E-state index in [0.29, 0.717) is 38.0 Å². The number of nitrogens with one attached hydrogen (secondary N) is 1. The van der Waals surface area contributed by atoms with Crippen molar-refractivity contribution in [1.29, 1.82) is 0 Å². The van der Waals surface area contributed by atoms with Gasteiger partial charge in [0, 0.05) is 25.2 Å². The van der Waals surface area contributed by atoms with Crippen LogP contribution in [0.1, 0.15) is 60.1 Å². The Kier molecular flexibility index (Phi) is 6.34. The topological polar surface area (TPSA) is 86.8 Å². The standard InChI is InChI=1S/C26H28F3N3O4S/c1-17(18-7-9-20(10-8-18)26(27,28)29)30-23(33)22-6-3-13-32(22)24(34)19-4-2-5-21(14-19)37(35,36)31-15-25(16-31)11-12-25/h2,4-5,7-10,14,17,22H,3,6,11-13,15-16H2,1H3,(H,30,33)/t17?,22-/m1/s1. The van der Waals surface area contributed by atoms with Crippen LogP contribution in [-0.4, -0.2) is 55.1 Å². The third-order valence-corrected chi connectivity index (χ3v) is 9.40. The SMILES string of the molecule is CC(NC(=O)[C@H]1CCCN1C(=O)c1cccc(S(=O)(=O)N2CC3(CC3)C2)c1)c1ccc(C(F)(F)F)cc1. The fourth-order valence-electron chi connectivity index (χ4n) is 5.11. The average Bonchev–Trinajstić information content (AvgIpc) is 3.51. The zero-order chi connectivity index (χ0) is 26.6. The molecule has 198 valence electrons. The number of carbonyl (C=O) groups excluding carboxylic acids is 2. The summed E-state index contributed by atoms with van der Waals surface area (Å²) in [5, 5.41) is 2.80. The molecule has 7 nitrogen and oxygen atoms in total. The van der Waals surface area contributed by atoms with Crippen molar-refractivity contribution < 1.29 is 31.2 Å². The molecule has 1 N–H and O–H groups in total. The molecule has 2 aromatic carbocycles. The molecule has 37 heavy (non-hydrogen) atoms. The molecule has 0 aromatic heterocycles. The van der Waals surface area contributed by atoms with E-state index < -0.39 is 45.7 Å². The predicted molar refractivity (Wildman–Crippen MR) is 129 cm³/mol. The predicted octanol–water partition coefficient (Wildman–Crippen LogP) is 3.97. The molecule has 11 heteroatoms. The van der Waals surface area contributed by atoms with Crippen molar-refractivity contribution in [3.8, 4) is 0 Å². The van der Waals surface area contributed by atoms with Crippen molar-refractivity contribution in [2.75, 3.05) is 19.6 Å². The second kappa shape index (κ2) is 9.13. The molecule has 0 radical (unpaired) electrons. The van der Waals surface area contributed by atoms with Crippen molar-refractivity contribution in [2.24, 2.45) is 5.41 Å². The van der Waals surface area contributed by atoms with Crippen LogP contribution in [0.4, 0.5) is 13.2 Å². The maximum Gasteiger partial charge on any atom is 0.416 e. The molecule has 3 aliphatic rings. The lowest BCUT2D eigenvalue weighted by Gasteiger charge is -2.38. The summed E-state index contributed by atoms with van der Waals surface area (Å²) in [5.41, 5.74) is 0.0915. The lowest BCUT2D eigenvalue weighted by Crippen LogP contribution is -2.51. The lowest BCUT2D eigenvalue weighted by molar-refractivity contribution is -0.137. The summed E-state index contributed by atoms with van der Waals surface area (Å²) in [6.45, 7) is 3.03. The van der Waals surface area contributed by atoms with E-state index in [4.69, 9.17) is 0 Å². The Bertz CT molecular complexity index is 1320. The van der Waals surface area contributed by atoms with Crippen LogP contribution in [0.15, 0.2) is 53.4 Å². The number of likely N-dealkylation sites (tertiary alicyclic amines) is 1. The maximum absolute atomic E-state index is 13.3. The van der Waals surface area contributed by atoms with Crippen LogP contribution in [0.5, 0.6) is 0 Å². The van der Waals surface area contributed by atoms with Gasteiger partial charge in [0.25, 0.3) is 5.91 Å². The molecule has 3 fully saturated rings. The van der Waals surface area contributed by atoms with Crippen LogP contribution in [0, 0.1) is 5.41 Å². The monoisotopic (exact) mass is 535 g/mol. The summed E-state index contributed by atoms with van der Waals surface area (Å²) in [6, 6.07) is 9.17. The number of carbonyl (C=O) groups is 2. The van der Waals surface area contributed by atoms with E-state index in [2.05, 4.69) is 5.32 Å². The van der Waals surface area contributed by atoms with E-state index in [1.165, 1.54) is 45.6 Å². The Morgan fingerprint density at radius 2 is 1.76 bits per heavy atom. The summed E-state index contributed by atoms with van der Waals surface area (Å²) in [4.78, 5) is 27.9. The van der Waals surface area contributed by atoms with E-state index in [0.717, 1.165) is 25.0 Å². The van der Waals surface area contributed by atoms with Gasteiger partial charge in [-0.1, -0.05) is 18.2 Å². The second-order valence-corrected chi connectivity index (χ2v) is 12.2. The smallest absolute Gasteiger partial charge is 0.348 e. The van der Waals surface area contributed by atoms with Crippen molar-refractivity contribution in [3.05, 3.63) is 65.2 Å². The molecule has 2 amide bonds. The van der Waals surface area contributed by atoms with Crippen LogP contribution in [-0.2, 0) is 21.0 Å². The highest BCUT2D eigenvalue weighted by Gasteiger charge is 2.56. The number of sulfonamides is 1. The van der Waals surface area contributed by atoms with Gasteiger partial charge in [-0.2, -0.15) is 17.5 Å². The summed E-state index contributed by atoms with van der Waals surface area (Å²) in [5.74, 6) is -0.837. The van der Waals surface area contributed by atoms with Gasteiger partial charge in [0.15, 0.2) is 0 Å². The fraction of sp³-hybridized carbons (Fsp3) is 0.462. The zero-order valence-electron chi connectivity index (χ0n) is 20.3.